The van der Waals surface area contributed by atoms with Gasteiger partial charge >= 0.3 is 0 Å². The molecule has 6 N–H and O–H groups in total. The molecule has 1 aliphatic heterocycles. The molecule has 1 aliphatic rings. The number of amides is 1. The number of hydrogen-bond donors (Lipinski definition) is 6. The third-order valence-corrected chi connectivity index (χ3v) is 13.2. The minimum absolute atomic E-state index is 0.137. The Kier molecular flexibility index (Phi) is 44.1. The van der Waals surface area contributed by atoms with Crippen molar-refractivity contribution in [1.82, 2.24) is 5.32 Å². The van der Waals surface area contributed by atoms with Crippen molar-refractivity contribution in [1.29, 1.82) is 0 Å². The molecule has 0 aromatic rings. The van der Waals surface area contributed by atoms with Crippen LogP contribution in [0.4, 0.5) is 0 Å². The van der Waals surface area contributed by atoms with Crippen LogP contribution in [0.15, 0.2) is 48.6 Å². The maximum absolute atomic E-state index is 12.9. The number of hydrogen-bond acceptors (Lipinski definition) is 8. The van der Waals surface area contributed by atoms with E-state index >= 15 is 0 Å². The van der Waals surface area contributed by atoms with E-state index in [1.54, 1.807) is 0 Å². The number of unbranched alkanes of at least 4 members (excludes halogenated alkanes) is 29. The number of allylic oxidation sites excluding steroid dienone is 8. The van der Waals surface area contributed by atoms with Crippen molar-refractivity contribution in [2.75, 3.05) is 13.2 Å². The van der Waals surface area contributed by atoms with Crippen molar-refractivity contribution < 1.29 is 39.8 Å². The van der Waals surface area contributed by atoms with E-state index in [0.29, 0.717) is 12.8 Å². The number of carbonyl (C=O) groups is 1. The van der Waals surface area contributed by atoms with Gasteiger partial charge in [0.1, 0.15) is 24.4 Å². The van der Waals surface area contributed by atoms with Crippen molar-refractivity contribution in [3.63, 3.8) is 0 Å². The fourth-order valence-electron chi connectivity index (χ4n) is 8.80. The predicted molar refractivity (Wildman–Crippen MR) is 276 cm³/mol. The molecule has 0 aromatic carbocycles. The Bertz CT molecular complexity index is 1170. The van der Waals surface area contributed by atoms with Crippen molar-refractivity contribution in [2.24, 2.45) is 0 Å². The number of nitrogens with one attached hydrogen (secondary N) is 1. The van der Waals surface area contributed by atoms with Gasteiger partial charge in [0.2, 0.25) is 5.91 Å². The van der Waals surface area contributed by atoms with Gasteiger partial charge in [-0.05, 0) is 51.4 Å². The normalized spacial score (nSPS) is 20.1. The predicted octanol–water partition coefficient (Wildman–Crippen LogP) is 13.3. The number of aliphatic hydroxyl groups excluding tert-OH is 5. The van der Waals surface area contributed by atoms with Crippen LogP contribution in [0.5, 0.6) is 0 Å². The number of aliphatic hydroxyl groups is 5. The van der Waals surface area contributed by atoms with E-state index in [0.717, 1.165) is 64.2 Å². The minimum Gasteiger partial charge on any atom is -0.394 e. The maximum atomic E-state index is 12.9. The lowest BCUT2D eigenvalue weighted by Crippen LogP contribution is -2.60. The molecule has 1 amide bonds. The SMILES string of the molecule is CC/C=C\C/C=C\C/C=C\C/C=C\CCCCCCCCCCCCCCCCCCCCCCCCCCC(=O)NC(COC1OC(CO)C(O)C(O)C1O)C(O)CCCCCCCC. The van der Waals surface area contributed by atoms with Gasteiger partial charge in [-0.3, -0.25) is 4.79 Å². The van der Waals surface area contributed by atoms with Gasteiger partial charge in [0.05, 0.1) is 25.4 Å². The molecule has 7 unspecified atom stereocenters. The summed E-state index contributed by atoms with van der Waals surface area (Å²) in [5.41, 5.74) is 0. The van der Waals surface area contributed by atoms with Crippen LogP contribution in [0.25, 0.3) is 0 Å². The van der Waals surface area contributed by atoms with E-state index in [1.807, 2.05) is 0 Å². The van der Waals surface area contributed by atoms with Gasteiger partial charge in [0.25, 0.3) is 0 Å². The molecule has 0 spiro atoms. The monoisotopic (exact) mass is 932 g/mol. The molecule has 0 saturated carbocycles. The smallest absolute Gasteiger partial charge is 0.220 e. The molecule has 0 radical (unpaired) electrons. The Morgan fingerprint density at radius 2 is 0.939 bits per heavy atom. The lowest BCUT2D eigenvalue weighted by Gasteiger charge is -2.40. The molecule has 1 heterocycles. The Morgan fingerprint density at radius 1 is 0.530 bits per heavy atom. The summed E-state index contributed by atoms with van der Waals surface area (Å²) in [4.78, 5) is 12.9. The second-order valence-corrected chi connectivity index (χ2v) is 19.4. The van der Waals surface area contributed by atoms with E-state index in [9.17, 15) is 30.3 Å². The van der Waals surface area contributed by atoms with Crippen LogP contribution in [0, 0.1) is 0 Å². The van der Waals surface area contributed by atoms with Crippen molar-refractivity contribution >= 4 is 5.91 Å². The van der Waals surface area contributed by atoms with E-state index in [2.05, 4.69) is 67.8 Å². The number of carbonyl (C=O) groups excluding carboxylic acids is 1. The minimum atomic E-state index is -1.55. The Labute approximate surface area is 405 Å². The van der Waals surface area contributed by atoms with Crippen LogP contribution in [0.2, 0.25) is 0 Å². The first-order valence-electron chi connectivity index (χ1n) is 27.8. The summed E-state index contributed by atoms with van der Waals surface area (Å²) in [5, 5.41) is 54.1. The standard InChI is InChI=1S/C57H105NO8/c1-3-5-7-9-11-12-13-14-15-16-17-18-19-20-21-22-23-24-25-26-27-28-29-30-31-32-33-34-35-36-37-38-39-40-41-43-45-47-53(61)58-50(51(60)46-44-42-10-8-6-4-2)49-65-57-56(64)55(63)54(62)52(48-59)66-57/h5,7,11-12,14-15,17-18,50-52,54-57,59-60,62-64H,3-4,6,8-10,13,16,19-49H2,1-2H3,(H,58,61)/b7-5-,12-11-,15-14-,18-17-. The molecular weight excluding hydrogens is 827 g/mol. The fourth-order valence-corrected chi connectivity index (χ4v) is 8.80. The van der Waals surface area contributed by atoms with E-state index in [-0.39, 0.29) is 12.5 Å². The maximum Gasteiger partial charge on any atom is 0.220 e. The van der Waals surface area contributed by atoms with E-state index in [4.69, 9.17) is 9.47 Å². The van der Waals surface area contributed by atoms with Gasteiger partial charge in [0.15, 0.2) is 6.29 Å². The second-order valence-electron chi connectivity index (χ2n) is 19.4. The molecule has 9 heteroatoms. The molecule has 1 rings (SSSR count). The van der Waals surface area contributed by atoms with Crippen LogP contribution in [-0.4, -0.2) is 87.5 Å². The van der Waals surface area contributed by atoms with E-state index in [1.165, 1.54) is 161 Å². The van der Waals surface area contributed by atoms with Crippen molar-refractivity contribution in [3.8, 4) is 0 Å². The van der Waals surface area contributed by atoms with E-state index < -0.39 is 49.5 Å². The molecule has 66 heavy (non-hydrogen) atoms. The average molecular weight is 932 g/mol. The van der Waals surface area contributed by atoms with Gasteiger partial charge in [-0.15, -0.1) is 0 Å². The quantitative estimate of drug-likeness (QED) is 0.0261. The third kappa shape index (κ3) is 36.2. The number of ether oxygens (including phenoxy) is 2. The lowest BCUT2D eigenvalue weighted by molar-refractivity contribution is -0.302. The molecule has 386 valence electrons. The zero-order chi connectivity index (χ0) is 48.0. The van der Waals surface area contributed by atoms with Gasteiger partial charge in [-0.25, -0.2) is 0 Å². The summed E-state index contributed by atoms with van der Waals surface area (Å²) >= 11 is 0. The Balaban J connectivity index is 1.96. The van der Waals surface area contributed by atoms with Crippen LogP contribution in [0.3, 0.4) is 0 Å². The summed E-state index contributed by atoms with van der Waals surface area (Å²) in [5.74, 6) is -0.147. The summed E-state index contributed by atoms with van der Waals surface area (Å²) in [6, 6.07) is -0.713. The molecule has 9 nitrogen and oxygen atoms in total. The van der Waals surface area contributed by atoms with Crippen LogP contribution < -0.4 is 5.32 Å². The van der Waals surface area contributed by atoms with Gasteiger partial charge in [0, 0.05) is 6.42 Å². The van der Waals surface area contributed by atoms with Crippen LogP contribution in [-0.2, 0) is 14.3 Å². The van der Waals surface area contributed by atoms with Crippen LogP contribution in [0.1, 0.15) is 251 Å². The van der Waals surface area contributed by atoms with Crippen molar-refractivity contribution in [2.45, 2.75) is 294 Å². The summed E-state index contributed by atoms with van der Waals surface area (Å²) in [6.45, 7) is 3.66. The van der Waals surface area contributed by atoms with Gasteiger partial charge < -0.3 is 40.3 Å². The van der Waals surface area contributed by atoms with Gasteiger partial charge in [-0.1, -0.05) is 242 Å². The zero-order valence-corrected chi connectivity index (χ0v) is 42.7. The molecule has 0 aliphatic carbocycles. The third-order valence-electron chi connectivity index (χ3n) is 13.2. The molecule has 0 bridgehead atoms. The molecule has 1 saturated heterocycles. The Morgan fingerprint density at radius 3 is 1.39 bits per heavy atom. The van der Waals surface area contributed by atoms with Crippen molar-refractivity contribution in [3.05, 3.63) is 48.6 Å². The first kappa shape index (κ1) is 62.2. The number of rotatable bonds is 47. The topological polar surface area (TPSA) is 149 Å². The first-order chi connectivity index (χ1) is 32.3. The largest absolute Gasteiger partial charge is 0.394 e. The molecular formula is C57H105NO8. The molecule has 1 fully saturated rings. The van der Waals surface area contributed by atoms with Gasteiger partial charge in [-0.2, -0.15) is 0 Å². The first-order valence-corrected chi connectivity index (χ1v) is 27.8. The summed E-state index contributed by atoms with van der Waals surface area (Å²) in [6.07, 6.45) is 55.0. The Hall–Kier alpha value is -1.85. The van der Waals surface area contributed by atoms with Crippen LogP contribution >= 0.6 is 0 Å². The second kappa shape index (κ2) is 46.9. The molecule has 7 atom stereocenters. The molecule has 0 aromatic heterocycles. The highest BCUT2D eigenvalue weighted by atomic mass is 16.7. The fraction of sp³-hybridized carbons (Fsp3) is 0.842. The summed E-state index contributed by atoms with van der Waals surface area (Å²) in [7, 11) is 0. The lowest BCUT2D eigenvalue weighted by atomic mass is 9.99. The highest BCUT2D eigenvalue weighted by Gasteiger charge is 2.44. The summed E-state index contributed by atoms with van der Waals surface area (Å²) < 4.78 is 11.2. The average Bonchev–Trinajstić information content (AvgIpc) is 3.32. The zero-order valence-electron chi connectivity index (χ0n) is 42.7. The highest BCUT2D eigenvalue weighted by Crippen LogP contribution is 2.23. The highest BCUT2D eigenvalue weighted by molar-refractivity contribution is 5.76.